The Morgan fingerprint density at radius 1 is 1.22 bits per heavy atom. The van der Waals surface area contributed by atoms with Gasteiger partial charge in [-0.05, 0) is 49.0 Å². The van der Waals surface area contributed by atoms with Gasteiger partial charge in [0.15, 0.2) is 5.11 Å². The van der Waals surface area contributed by atoms with Crippen LogP contribution in [0.5, 0.6) is 0 Å². The molecule has 7 heteroatoms. The number of quaternary nitrogens is 1. The molecule has 3 N–H and O–H groups in total. The molecule has 0 bridgehead atoms. The molecule has 1 fully saturated rings. The van der Waals surface area contributed by atoms with Gasteiger partial charge in [-0.1, -0.05) is 29.8 Å². The van der Waals surface area contributed by atoms with E-state index in [0.717, 1.165) is 43.1 Å². The Bertz CT molecular complexity index is 781. The largest absolute Gasteiger partial charge is 0.370 e. The summed E-state index contributed by atoms with van der Waals surface area (Å²) in [6, 6.07) is 12.6. The fraction of sp³-hybridized carbons (Fsp3) is 0.350. The lowest BCUT2D eigenvalue weighted by Gasteiger charge is -2.32. The van der Waals surface area contributed by atoms with Crippen LogP contribution in [0.25, 0.3) is 0 Å². The molecule has 4 nitrogen and oxygen atoms in total. The summed E-state index contributed by atoms with van der Waals surface area (Å²) in [6.45, 7) is 5.89. The molecule has 2 aromatic carbocycles. The molecule has 1 aliphatic rings. The van der Waals surface area contributed by atoms with Crippen molar-refractivity contribution in [3.8, 4) is 0 Å². The summed E-state index contributed by atoms with van der Waals surface area (Å²) >= 11 is 11.6. The van der Waals surface area contributed by atoms with Crippen LogP contribution in [0.1, 0.15) is 17.2 Å². The number of morpholine rings is 1. The molecule has 0 aliphatic carbocycles. The highest BCUT2D eigenvalue weighted by Gasteiger charge is 2.26. The molecule has 0 unspecified atom stereocenters. The van der Waals surface area contributed by atoms with Crippen molar-refractivity contribution in [1.82, 2.24) is 5.32 Å². The van der Waals surface area contributed by atoms with Gasteiger partial charge in [-0.3, -0.25) is 0 Å². The van der Waals surface area contributed by atoms with Crippen molar-refractivity contribution in [2.45, 2.75) is 13.0 Å². The Balaban J connectivity index is 1.67. The number of hydrogen-bond donors (Lipinski definition) is 3. The Kier molecular flexibility index (Phi) is 7.01. The highest BCUT2D eigenvalue weighted by Crippen LogP contribution is 2.22. The van der Waals surface area contributed by atoms with E-state index in [9.17, 15) is 4.39 Å². The van der Waals surface area contributed by atoms with Crippen molar-refractivity contribution in [2.24, 2.45) is 0 Å². The molecular formula is C20H24ClFN3OS+. The SMILES string of the molecule is Cc1c(Cl)cccc1NC(=S)NC[C@H](c1ccc(F)cc1)[NH+]1CCOCC1. The summed E-state index contributed by atoms with van der Waals surface area (Å²) in [4.78, 5) is 1.40. The fourth-order valence-corrected chi connectivity index (χ4v) is 3.65. The van der Waals surface area contributed by atoms with Crippen LogP contribution in [-0.4, -0.2) is 38.0 Å². The van der Waals surface area contributed by atoms with E-state index in [-0.39, 0.29) is 11.9 Å². The van der Waals surface area contributed by atoms with Crippen molar-refractivity contribution in [3.05, 3.63) is 64.4 Å². The lowest BCUT2D eigenvalue weighted by molar-refractivity contribution is -0.937. The quantitative estimate of drug-likeness (QED) is 0.665. The van der Waals surface area contributed by atoms with Gasteiger partial charge >= 0.3 is 0 Å². The number of thiocarbonyl (C=S) groups is 1. The summed E-state index contributed by atoms with van der Waals surface area (Å²) < 4.78 is 18.8. The Morgan fingerprint density at radius 3 is 2.63 bits per heavy atom. The van der Waals surface area contributed by atoms with Crippen LogP contribution in [0.2, 0.25) is 5.02 Å². The molecule has 27 heavy (non-hydrogen) atoms. The van der Waals surface area contributed by atoms with Gasteiger partial charge in [-0.2, -0.15) is 0 Å². The average Bonchev–Trinajstić information content (AvgIpc) is 2.68. The van der Waals surface area contributed by atoms with Crippen LogP contribution in [0.15, 0.2) is 42.5 Å². The van der Waals surface area contributed by atoms with Gasteiger partial charge < -0.3 is 20.3 Å². The number of ether oxygens (including phenoxy) is 1. The molecule has 2 aromatic rings. The zero-order valence-electron chi connectivity index (χ0n) is 15.2. The van der Waals surface area contributed by atoms with Gasteiger partial charge in [0.25, 0.3) is 0 Å². The van der Waals surface area contributed by atoms with Gasteiger partial charge in [0, 0.05) is 16.3 Å². The van der Waals surface area contributed by atoms with Gasteiger partial charge in [0.2, 0.25) is 0 Å². The van der Waals surface area contributed by atoms with Gasteiger partial charge in [0.05, 0.1) is 19.8 Å². The fourth-order valence-electron chi connectivity index (χ4n) is 3.28. The van der Waals surface area contributed by atoms with Crippen molar-refractivity contribution < 1.29 is 14.0 Å². The lowest BCUT2D eigenvalue weighted by Crippen LogP contribution is -3.15. The first-order chi connectivity index (χ1) is 13.0. The van der Waals surface area contributed by atoms with Crippen LogP contribution >= 0.6 is 23.8 Å². The van der Waals surface area contributed by atoms with E-state index in [4.69, 9.17) is 28.6 Å². The molecule has 0 saturated carbocycles. The molecule has 1 aliphatic heterocycles. The third-order valence-corrected chi connectivity index (χ3v) is 5.54. The number of hydrogen-bond acceptors (Lipinski definition) is 2. The molecule has 1 saturated heterocycles. The maximum Gasteiger partial charge on any atom is 0.171 e. The topological polar surface area (TPSA) is 37.7 Å². The number of benzene rings is 2. The Labute approximate surface area is 169 Å². The maximum absolute atomic E-state index is 13.3. The Hall–Kier alpha value is -1.73. The average molecular weight is 409 g/mol. The van der Waals surface area contributed by atoms with Crippen LogP contribution in [-0.2, 0) is 4.74 Å². The first-order valence-electron chi connectivity index (χ1n) is 9.02. The third kappa shape index (κ3) is 5.39. The minimum atomic E-state index is -0.226. The maximum atomic E-state index is 13.3. The molecule has 0 aromatic heterocycles. The standard InChI is InChI=1S/C20H23ClFN3OS/c1-14-17(21)3-2-4-18(14)24-20(27)23-13-19(25-9-11-26-12-10-25)15-5-7-16(22)8-6-15/h2-8,19H,9-13H2,1H3,(H2,23,24,27)/p+1/t19-/m1/s1. The van der Waals surface area contributed by atoms with Crippen molar-refractivity contribution in [2.75, 3.05) is 38.2 Å². The highest BCUT2D eigenvalue weighted by molar-refractivity contribution is 7.80. The van der Waals surface area contributed by atoms with Gasteiger partial charge in [-0.25, -0.2) is 4.39 Å². The van der Waals surface area contributed by atoms with E-state index < -0.39 is 0 Å². The van der Waals surface area contributed by atoms with E-state index in [1.54, 1.807) is 0 Å². The van der Waals surface area contributed by atoms with Crippen LogP contribution < -0.4 is 15.5 Å². The van der Waals surface area contributed by atoms with Crippen molar-refractivity contribution in [1.29, 1.82) is 0 Å². The second-order valence-corrected chi connectivity index (χ2v) is 7.44. The highest BCUT2D eigenvalue weighted by atomic mass is 35.5. The first-order valence-corrected chi connectivity index (χ1v) is 9.81. The zero-order valence-corrected chi connectivity index (χ0v) is 16.8. The molecule has 1 heterocycles. The summed E-state index contributed by atoms with van der Waals surface area (Å²) in [7, 11) is 0. The van der Waals surface area contributed by atoms with E-state index in [1.165, 1.54) is 17.0 Å². The van der Waals surface area contributed by atoms with Crippen LogP contribution in [0, 0.1) is 12.7 Å². The van der Waals surface area contributed by atoms with Crippen LogP contribution in [0.4, 0.5) is 10.1 Å². The van der Waals surface area contributed by atoms with Gasteiger partial charge in [-0.15, -0.1) is 0 Å². The van der Waals surface area contributed by atoms with E-state index in [2.05, 4.69) is 10.6 Å². The lowest BCUT2D eigenvalue weighted by atomic mass is 10.0. The summed E-state index contributed by atoms with van der Waals surface area (Å²) in [5.74, 6) is -0.226. The first kappa shape index (κ1) is 20.0. The molecule has 1 atom stereocenters. The molecule has 0 radical (unpaired) electrons. The van der Waals surface area contributed by atoms with E-state index >= 15 is 0 Å². The van der Waals surface area contributed by atoms with Crippen molar-refractivity contribution in [3.63, 3.8) is 0 Å². The second-order valence-electron chi connectivity index (χ2n) is 6.62. The molecule has 144 valence electrons. The normalized spacial score (nSPS) is 16.0. The minimum Gasteiger partial charge on any atom is -0.370 e. The smallest absolute Gasteiger partial charge is 0.171 e. The number of rotatable bonds is 5. The molecule has 3 rings (SSSR count). The van der Waals surface area contributed by atoms with Crippen molar-refractivity contribution >= 4 is 34.6 Å². The predicted molar refractivity (Wildman–Crippen MR) is 111 cm³/mol. The monoisotopic (exact) mass is 408 g/mol. The van der Waals surface area contributed by atoms with E-state index in [0.29, 0.717) is 16.7 Å². The molecular weight excluding hydrogens is 385 g/mol. The van der Waals surface area contributed by atoms with Crippen LogP contribution in [0.3, 0.4) is 0 Å². The number of halogens is 2. The summed E-state index contributed by atoms with van der Waals surface area (Å²) in [6.07, 6.45) is 0. The summed E-state index contributed by atoms with van der Waals surface area (Å²) in [5, 5.41) is 7.76. The molecule has 0 amide bonds. The predicted octanol–water partition coefficient (Wildman–Crippen LogP) is 2.73. The number of nitrogens with one attached hydrogen (secondary N) is 3. The zero-order chi connectivity index (χ0) is 19.2. The second kappa shape index (κ2) is 9.46. The van der Waals surface area contributed by atoms with Gasteiger partial charge in [0.1, 0.15) is 24.9 Å². The number of anilines is 1. The Morgan fingerprint density at radius 2 is 1.93 bits per heavy atom. The minimum absolute atomic E-state index is 0.162. The molecule has 0 spiro atoms. The third-order valence-electron chi connectivity index (χ3n) is 4.88. The summed E-state index contributed by atoms with van der Waals surface area (Å²) in [5.41, 5.74) is 2.93. The van der Waals surface area contributed by atoms with E-state index in [1.807, 2.05) is 37.3 Å².